The molecule has 1 atom stereocenters. The van der Waals surface area contributed by atoms with Gasteiger partial charge in [0.05, 0.1) is 11.5 Å². The molecule has 4 nitrogen and oxygen atoms in total. The van der Waals surface area contributed by atoms with Gasteiger partial charge in [0.2, 0.25) is 5.89 Å². The van der Waals surface area contributed by atoms with Crippen molar-refractivity contribution >= 4 is 0 Å². The topological polar surface area (TPSA) is 64.9 Å². The molecule has 0 saturated heterocycles. The third-order valence-electron chi connectivity index (χ3n) is 2.93. The van der Waals surface area contributed by atoms with E-state index in [1.54, 1.807) is 0 Å². The number of benzene rings is 1. The van der Waals surface area contributed by atoms with Crippen LogP contribution in [0.5, 0.6) is 0 Å². The third-order valence-corrected chi connectivity index (χ3v) is 2.93. The van der Waals surface area contributed by atoms with Gasteiger partial charge in [-0.2, -0.15) is 4.98 Å². The maximum absolute atomic E-state index is 5.97. The fourth-order valence-electron chi connectivity index (χ4n) is 1.88. The van der Waals surface area contributed by atoms with E-state index in [4.69, 9.17) is 10.3 Å². The minimum absolute atomic E-state index is 0.134. The van der Waals surface area contributed by atoms with Gasteiger partial charge in [0.1, 0.15) is 0 Å². The van der Waals surface area contributed by atoms with Crippen LogP contribution in [-0.2, 0) is 5.54 Å². The van der Waals surface area contributed by atoms with E-state index in [1.807, 2.05) is 32.0 Å². The molecule has 0 aliphatic carbocycles. The van der Waals surface area contributed by atoms with Crippen LogP contribution in [-0.4, -0.2) is 10.1 Å². The Balaban J connectivity index is 2.32. The number of hydrogen-bond acceptors (Lipinski definition) is 4. The van der Waals surface area contributed by atoms with E-state index in [0.717, 1.165) is 6.42 Å². The summed E-state index contributed by atoms with van der Waals surface area (Å²) in [5, 5.41) is 3.97. The zero-order valence-electron chi connectivity index (χ0n) is 11.1. The van der Waals surface area contributed by atoms with Crippen LogP contribution in [0.3, 0.4) is 0 Å². The number of aromatic nitrogens is 2. The van der Waals surface area contributed by atoms with Crippen LogP contribution in [0, 0.1) is 0 Å². The Morgan fingerprint density at radius 2 is 1.94 bits per heavy atom. The molecule has 2 N–H and O–H groups in total. The number of hydrogen-bond donors (Lipinski definition) is 1. The summed E-state index contributed by atoms with van der Waals surface area (Å²) in [6, 6.07) is 10.2. The Morgan fingerprint density at radius 3 is 2.44 bits per heavy atom. The van der Waals surface area contributed by atoms with Crippen LogP contribution in [0.25, 0.3) is 0 Å². The number of rotatable bonds is 4. The molecule has 96 valence electrons. The van der Waals surface area contributed by atoms with Crippen molar-refractivity contribution in [3.8, 4) is 0 Å². The lowest BCUT2D eigenvalue weighted by molar-refractivity contribution is 0.348. The van der Waals surface area contributed by atoms with Crippen LogP contribution < -0.4 is 5.73 Å². The van der Waals surface area contributed by atoms with Gasteiger partial charge >= 0.3 is 0 Å². The second kappa shape index (κ2) is 4.90. The average Bonchev–Trinajstić information content (AvgIpc) is 2.81. The van der Waals surface area contributed by atoms with Crippen molar-refractivity contribution in [2.24, 2.45) is 5.73 Å². The van der Waals surface area contributed by atoms with Gasteiger partial charge < -0.3 is 10.3 Å². The highest BCUT2D eigenvalue weighted by Gasteiger charge is 2.25. The largest absolute Gasteiger partial charge is 0.339 e. The van der Waals surface area contributed by atoms with Crippen LogP contribution in [0.2, 0.25) is 0 Å². The predicted molar refractivity (Wildman–Crippen MR) is 70.1 cm³/mol. The lowest BCUT2D eigenvalue weighted by atomic mass is 9.96. The SMILES string of the molecule is CCC(c1ccccc1)c1nc(C(C)(C)N)no1. The summed E-state index contributed by atoms with van der Waals surface area (Å²) in [7, 11) is 0. The molecule has 18 heavy (non-hydrogen) atoms. The van der Waals surface area contributed by atoms with Crippen molar-refractivity contribution in [1.82, 2.24) is 10.1 Å². The molecule has 0 fully saturated rings. The molecule has 0 saturated carbocycles. The smallest absolute Gasteiger partial charge is 0.234 e. The van der Waals surface area contributed by atoms with Gasteiger partial charge in [0.25, 0.3) is 0 Å². The molecule has 2 rings (SSSR count). The molecule has 1 aromatic carbocycles. The summed E-state index contributed by atoms with van der Waals surface area (Å²) < 4.78 is 5.36. The summed E-state index contributed by atoms with van der Waals surface area (Å²) in [6.45, 7) is 5.84. The molecule has 0 radical (unpaired) electrons. The molecular formula is C14H19N3O. The van der Waals surface area contributed by atoms with Crippen LogP contribution in [0.1, 0.15) is 50.4 Å². The van der Waals surface area contributed by atoms with Crippen molar-refractivity contribution in [1.29, 1.82) is 0 Å². The normalized spacial score (nSPS) is 13.6. The minimum atomic E-state index is -0.573. The van der Waals surface area contributed by atoms with E-state index < -0.39 is 5.54 Å². The van der Waals surface area contributed by atoms with E-state index in [9.17, 15) is 0 Å². The van der Waals surface area contributed by atoms with E-state index in [0.29, 0.717) is 11.7 Å². The second-order valence-corrected chi connectivity index (χ2v) is 5.05. The summed E-state index contributed by atoms with van der Waals surface area (Å²) in [5.41, 5.74) is 6.58. The second-order valence-electron chi connectivity index (χ2n) is 5.05. The zero-order chi connectivity index (χ0) is 13.2. The molecular weight excluding hydrogens is 226 g/mol. The average molecular weight is 245 g/mol. The zero-order valence-corrected chi connectivity index (χ0v) is 11.1. The highest BCUT2D eigenvalue weighted by atomic mass is 16.5. The lowest BCUT2D eigenvalue weighted by Gasteiger charge is -2.12. The Hall–Kier alpha value is -1.68. The third kappa shape index (κ3) is 2.59. The molecule has 2 aromatic rings. The first-order valence-corrected chi connectivity index (χ1v) is 6.20. The van der Waals surface area contributed by atoms with Gasteiger partial charge in [-0.25, -0.2) is 0 Å². The minimum Gasteiger partial charge on any atom is -0.339 e. The molecule has 0 bridgehead atoms. The first-order valence-electron chi connectivity index (χ1n) is 6.20. The maximum atomic E-state index is 5.97. The van der Waals surface area contributed by atoms with Crippen LogP contribution >= 0.6 is 0 Å². The van der Waals surface area contributed by atoms with Crippen molar-refractivity contribution in [3.63, 3.8) is 0 Å². The van der Waals surface area contributed by atoms with Gasteiger partial charge in [-0.05, 0) is 25.8 Å². The van der Waals surface area contributed by atoms with E-state index in [-0.39, 0.29) is 5.92 Å². The maximum Gasteiger partial charge on any atom is 0.234 e. The Morgan fingerprint density at radius 1 is 1.28 bits per heavy atom. The Labute approximate surface area is 107 Å². The van der Waals surface area contributed by atoms with Crippen LogP contribution in [0.4, 0.5) is 0 Å². The summed E-state index contributed by atoms with van der Waals surface area (Å²) in [4.78, 5) is 4.43. The van der Waals surface area contributed by atoms with E-state index in [1.165, 1.54) is 5.56 Å². The molecule has 1 aromatic heterocycles. The molecule has 1 heterocycles. The quantitative estimate of drug-likeness (QED) is 0.899. The van der Waals surface area contributed by atoms with Crippen molar-refractivity contribution in [3.05, 3.63) is 47.6 Å². The van der Waals surface area contributed by atoms with Gasteiger partial charge in [-0.1, -0.05) is 42.4 Å². The summed E-state index contributed by atoms with van der Waals surface area (Å²) in [5.74, 6) is 1.32. The predicted octanol–water partition coefficient (Wildman–Crippen LogP) is 2.81. The Bertz CT molecular complexity index is 499. The van der Waals surface area contributed by atoms with Gasteiger partial charge in [-0.3, -0.25) is 0 Å². The number of nitrogens with two attached hydrogens (primary N) is 1. The highest BCUT2D eigenvalue weighted by Crippen LogP contribution is 2.27. The Kier molecular flexibility index (Phi) is 3.48. The fourth-order valence-corrected chi connectivity index (χ4v) is 1.88. The highest BCUT2D eigenvalue weighted by molar-refractivity contribution is 5.24. The summed E-state index contributed by atoms with van der Waals surface area (Å²) in [6.07, 6.45) is 0.913. The van der Waals surface area contributed by atoms with Gasteiger partial charge in [0.15, 0.2) is 5.82 Å². The van der Waals surface area contributed by atoms with E-state index >= 15 is 0 Å². The van der Waals surface area contributed by atoms with E-state index in [2.05, 4.69) is 29.2 Å². The van der Waals surface area contributed by atoms with Gasteiger partial charge in [-0.15, -0.1) is 0 Å². The van der Waals surface area contributed by atoms with Gasteiger partial charge in [0, 0.05) is 0 Å². The monoisotopic (exact) mass is 245 g/mol. The van der Waals surface area contributed by atoms with Crippen molar-refractivity contribution < 1.29 is 4.52 Å². The lowest BCUT2D eigenvalue weighted by Crippen LogP contribution is -2.30. The molecule has 4 heteroatoms. The fraction of sp³-hybridized carbons (Fsp3) is 0.429. The van der Waals surface area contributed by atoms with Crippen LogP contribution in [0.15, 0.2) is 34.9 Å². The molecule has 0 aliphatic rings. The first-order chi connectivity index (χ1) is 8.52. The molecule has 1 unspecified atom stereocenters. The van der Waals surface area contributed by atoms with Crippen molar-refractivity contribution in [2.45, 2.75) is 38.6 Å². The molecule has 0 spiro atoms. The number of nitrogens with zero attached hydrogens (tertiary/aromatic N) is 2. The molecule has 0 amide bonds. The molecule has 0 aliphatic heterocycles. The standard InChI is InChI=1S/C14H19N3O/c1-4-11(10-8-6-5-7-9-10)12-16-13(17-18-12)14(2,3)15/h5-9,11H,4,15H2,1-3H3. The first kappa shape index (κ1) is 12.8. The summed E-state index contributed by atoms with van der Waals surface area (Å²) >= 11 is 0. The van der Waals surface area contributed by atoms with Crippen molar-refractivity contribution in [2.75, 3.05) is 0 Å².